The van der Waals surface area contributed by atoms with Crippen LogP contribution in [-0.4, -0.2) is 47.1 Å². The maximum Gasteiger partial charge on any atom is 0.332 e. The lowest BCUT2D eigenvalue weighted by Crippen LogP contribution is -2.51. The molecule has 3 aromatic carbocycles. The number of fused-ring (bicyclic) bond motifs is 6. The summed E-state index contributed by atoms with van der Waals surface area (Å²) in [5.41, 5.74) is 6.84. The van der Waals surface area contributed by atoms with Crippen LogP contribution in [0.5, 0.6) is 0 Å². The topological polar surface area (TPSA) is 105 Å². The third-order valence-corrected chi connectivity index (χ3v) is 15.6. The molecular formula is C52H70N2O6. The number of nitrogens with zero attached hydrogens (tertiary/aromatic N) is 1. The van der Waals surface area contributed by atoms with Crippen LogP contribution < -0.4 is 5.48 Å². The molecule has 8 heteroatoms. The predicted molar refractivity (Wildman–Crippen MR) is 237 cm³/mol. The van der Waals surface area contributed by atoms with Crippen LogP contribution in [0, 0.1) is 46.3 Å². The van der Waals surface area contributed by atoms with Crippen LogP contribution in [0.1, 0.15) is 140 Å². The second-order valence-electron chi connectivity index (χ2n) is 19.9. The Morgan fingerprint density at radius 3 is 2.33 bits per heavy atom. The lowest BCUT2D eigenvalue weighted by atomic mass is 9.47. The van der Waals surface area contributed by atoms with Gasteiger partial charge in [0.2, 0.25) is 0 Å². The van der Waals surface area contributed by atoms with E-state index in [1.165, 1.54) is 61.3 Å². The van der Waals surface area contributed by atoms with Crippen molar-refractivity contribution in [1.29, 1.82) is 0 Å². The van der Waals surface area contributed by atoms with Gasteiger partial charge in [0.25, 0.3) is 5.91 Å². The van der Waals surface area contributed by atoms with Gasteiger partial charge in [0.15, 0.2) is 0 Å². The number of nitrogens with one attached hydrogen (secondary N) is 1. The zero-order valence-corrected chi connectivity index (χ0v) is 36.9. The summed E-state index contributed by atoms with van der Waals surface area (Å²) in [6.07, 6.45) is 15.4. The van der Waals surface area contributed by atoms with Gasteiger partial charge >= 0.3 is 11.9 Å². The van der Waals surface area contributed by atoms with E-state index in [0.29, 0.717) is 36.5 Å². The Balaban J connectivity index is 0.831. The summed E-state index contributed by atoms with van der Waals surface area (Å²) in [6.45, 7) is 14.2. The summed E-state index contributed by atoms with van der Waals surface area (Å²) >= 11 is 0. The van der Waals surface area contributed by atoms with Crippen molar-refractivity contribution < 1.29 is 29.1 Å². The van der Waals surface area contributed by atoms with Crippen LogP contribution in [0.3, 0.4) is 0 Å². The zero-order chi connectivity index (χ0) is 42.4. The minimum absolute atomic E-state index is 0.0368. The van der Waals surface area contributed by atoms with Gasteiger partial charge < -0.3 is 14.7 Å². The van der Waals surface area contributed by atoms with Gasteiger partial charge in [-0.15, -0.1) is 0 Å². The first-order chi connectivity index (χ1) is 28.9. The van der Waals surface area contributed by atoms with Crippen molar-refractivity contribution in [2.24, 2.45) is 46.3 Å². The number of benzene rings is 3. The number of carbonyl (C=O) groups excluding carboxylic acids is 3. The number of aliphatic hydroxyl groups excluding tert-OH is 1. The SMILES string of the molecule is CC(C)CCC[C@@H](C)[C@H]1CC[C@H]2[C@@H]3CC=C4CC(OC(=O)CCC(=O)ONC(=O)c5ccc(CN(CCO)Cc6ccc7ccccc7c6)cc5)CC[C@]4(C)[C@H]3CC[C@]12C. The van der Waals surface area contributed by atoms with Crippen LogP contribution in [0.4, 0.5) is 0 Å². The Kier molecular flexibility index (Phi) is 14.2. The summed E-state index contributed by atoms with van der Waals surface area (Å²) in [5, 5.41) is 12.1. The quantitative estimate of drug-likeness (QED) is 0.0842. The fourth-order valence-electron chi connectivity index (χ4n) is 12.4. The van der Waals surface area contributed by atoms with Gasteiger partial charge in [-0.05, 0) is 131 Å². The molecular weight excluding hydrogens is 749 g/mol. The van der Waals surface area contributed by atoms with Crippen molar-refractivity contribution in [2.75, 3.05) is 13.2 Å². The highest BCUT2D eigenvalue weighted by atomic mass is 16.7. The Morgan fingerprint density at radius 2 is 1.57 bits per heavy atom. The van der Waals surface area contributed by atoms with Gasteiger partial charge in [0.1, 0.15) is 6.10 Å². The molecule has 1 amide bonds. The van der Waals surface area contributed by atoms with Crippen molar-refractivity contribution in [3.63, 3.8) is 0 Å². The molecule has 8 atom stereocenters. The van der Waals surface area contributed by atoms with Crippen LogP contribution in [0.2, 0.25) is 0 Å². The summed E-state index contributed by atoms with van der Waals surface area (Å²) in [5.74, 6) is 3.10. The van der Waals surface area contributed by atoms with E-state index < -0.39 is 17.8 Å². The molecule has 60 heavy (non-hydrogen) atoms. The van der Waals surface area contributed by atoms with E-state index in [4.69, 9.17) is 9.57 Å². The molecule has 2 N–H and O–H groups in total. The highest BCUT2D eigenvalue weighted by Crippen LogP contribution is 2.67. The molecule has 0 aliphatic heterocycles. The molecule has 0 radical (unpaired) electrons. The average Bonchev–Trinajstić information content (AvgIpc) is 3.59. The monoisotopic (exact) mass is 819 g/mol. The number of allylic oxidation sites excluding steroid dienone is 1. The minimum Gasteiger partial charge on any atom is -0.462 e. The number of amides is 1. The first-order valence-corrected chi connectivity index (χ1v) is 23.1. The number of hydrogen-bond acceptors (Lipinski definition) is 7. The van der Waals surface area contributed by atoms with E-state index in [1.54, 1.807) is 12.1 Å². The third-order valence-electron chi connectivity index (χ3n) is 15.6. The molecule has 3 fully saturated rings. The molecule has 7 rings (SSSR count). The smallest absolute Gasteiger partial charge is 0.332 e. The molecule has 0 spiro atoms. The molecule has 4 aliphatic carbocycles. The number of carbonyl (C=O) groups is 3. The Morgan fingerprint density at radius 1 is 0.833 bits per heavy atom. The Labute approximate surface area is 358 Å². The fourth-order valence-corrected chi connectivity index (χ4v) is 12.4. The number of aliphatic hydroxyl groups is 1. The average molecular weight is 819 g/mol. The molecule has 1 unspecified atom stereocenters. The number of ether oxygens (including phenoxy) is 1. The van der Waals surface area contributed by atoms with E-state index in [-0.39, 0.29) is 31.0 Å². The van der Waals surface area contributed by atoms with Crippen LogP contribution in [-0.2, 0) is 32.3 Å². The second kappa shape index (κ2) is 19.4. The number of hydroxylamine groups is 1. The molecule has 0 heterocycles. The maximum atomic E-state index is 12.9. The molecule has 3 saturated carbocycles. The lowest BCUT2D eigenvalue weighted by Gasteiger charge is -2.58. The zero-order valence-electron chi connectivity index (χ0n) is 36.9. The third kappa shape index (κ3) is 10.0. The van der Waals surface area contributed by atoms with E-state index in [9.17, 15) is 19.5 Å². The molecule has 3 aromatic rings. The van der Waals surface area contributed by atoms with Gasteiger partial charge in [-0.25, -0.2) is 4.79 Å². The highest BCUT2D eigenvalue weighted by molar-refractivity contribution is 5.94. The summed E-state index contributed by atoms with van der Waals surface area (Å²) in [7, 11) is 0. The number of hydrogen-bond donors (Lipinski definition) is 2. The fraction of sp³-hybridized carbons (Fsp3) is 0.596. The van der Waals surface area contributed by atoms with Crippen molar-refractivity contribution in [2.45, 2.75) is 137 Å². The molecule has 4 aliphatic rings. The standard InChI is InChI=1S/C52H70N2O6/c1-35(2)9-8-10-36(3)45-21-22-46-44-20-19-42-32-43(25-27-51(42,4)47(44)26-28-52(45,46)5)59-48(56)23-24-49(57)60-53-50(58)40-17-13-37(14-18-40)33-54(29-30-55)34-38-15-16-39-11-6-7-12-41(39)31-38/h6-7,11-19,31,35-36,43-47,55H,8-10,20-30,32-34H2,1-5H3,(H,53,58)/t36-,43?,44+,45-,46+,47+,51+,52-/m1/s1. The molecule has 0 bridgehead atoms. The lowest BCUT2D eigenvalue weighted by molar-refractivity contribution is -0.157. The summed E-state index contributed by atoms with van der Waals surface area (Å²) in [4.78, 5) is 45.5. The summed E-state index contributed by atoms with van der Waals surface area (Å²) < 4.78 is 5.95. The van der Waals surface area contributed by atoms with Gasteiger partial charge in [-0.3, -0.25) is 14.5 Å². The first-order valence-electron chi connectivity index (χ1n) is 23.1. The molecule has 0 saturated heterocycles. The summed E-state index contributed by atoms with van der Waals surface area (Å²) in [6, 6.07) is 21.7. The van der Waals surface area contributed by atoms with E-state index >= 15 is 0 Å². The highest BCUT2D eigenvalue weighted by Gasteiger charge is 2.59. The van der Waals surface area contributed by atoms with Gasteiger partial charge in [0.05, 0.1) is 19.4 Å². The van der Waals surface area contributed by atoms with Crippen molar-refractivity contribution in [3.8, 4) is 0 Å². The van der Waals surface area contributed by atoms with Crippen LogP contribution in [0.15, 0.2) is 78.4 Å². The Hall–Kier alpha value is -4.01. The molecule has 8 nitrogen and oxygen atoms in total. The van der Waals surface area contributed by atoms with E-state index in [1.807, 2.05) is 24.3 Å². The van der Waals surface area contributed by atoms with Gasteiger partial charge in [-0.2, -0.15) is 5.48 Å². The number of rotatable bonds is 16. The number of esters is 1. The van der Waals surface area contributed by atoms with E-state index in [2.05, 4.69) is 81.4 Å². The minimum atomic E-state index is -0.689. The molecule has 324 valence electrons. The van der Waals surface area contributed by atoms with E-state index in [0.717, 1.165) is 66.4 Å². The van der Waals surface area contributed by atoms with Gasteiger partial charge in [0, 0.05) is 31.6 Å². The van der Waals surface area contributed by atoms with Crippen LogP contribution >= 0.6 is 0 Å². The Bertz CT molecular complexity index is 1990. The second-order valence-corrected chi connectivity index (χ2v) is 19.9. The van der Waals surface area contributed by atoms with Crippen LogP contribution in [0.25, 0.3) is 10.8 Å². The van der Waals surface area contributed by atoms with Crippen molar-refractivity contribution in [1.82, 2.24) is 10.4 Å². The normalized spacial score (nSPS) is 27.7. The predicted octanol–water partition coefficient (Wildman–Crippen LogP) is 10.8. The van der Waals surface area contributed by atoms with Crippen molar-refractivity contribution in [3.05, 3.63) is 95.1 Å². The largest absolute Gasteiger partial charge is 0.462 e. The molecule has 0 aromatic heterocycles. The van der Waals surface area contributed by atoms with Crippen molar-refractivity contribution >= 4 is 28.6 Å². The van der Waals surface area contributed by atoms with Gasteiger partial charge in [-0.1, -0.05) is 114 Å². The maximum absolute atomic E-state index is 12.9. The first kappa shape index (κ1) is 44.1.